The molecule has 3 fully saturated rings. The van der Waals surface area contributed by atoms with Crippen molar-refractivity contribution in [1.29, 1.82) is 0 Å². The summed E-state index contributed by atoms with van der Waals surface area (Å²) in [5.41, 5.74) is 0. The van der Waals surface area contributed by atoms with E-state index in [1.165, 1.54) is 42.8 Å². The molecular weight excluding hydrogens is 589 g/mol. The van der Waals surface area contributed by atoms with Gasteiger partial charge in [0.2, 0.25) is 0 Å². The lowest BCUT2D eigenvalue weighted by Crippen LogP contribution is -2.48. The summed E-state index contributed by atoms with van der Waals surface area (Å²) in [7, 11) is -4.26. The van der Waals surface area contributed by atoms with E-state index in [0.717, 1.165) is 38.8 Å². The lowest BCUT2D eigenvalue weighted by atomic mass is 9.82. The van der Waals surface area contributed by atoms with Crippen LogP contribution in [0.2, 0.25) is 0 Å². The number of thioether (sulfide) groups is 1. The summed E-state index contributed by atoms with van der Waals surface area (Å²) in [5, 5.41) is 11.9. The third-order valence-electron chi connectivity index (χ3n) is 9.62. The summed E-state index contributed by atoms with van der Waals surface area (Å²) in [6.45, 7) is 9.17. The largest absolute Gasteiger partial charge is 0.748 e. The van der Waals surface area contributed by atoms with Crippen molar-refractivity contribution >= 4 is 50.9 Å². The fraction of sp³-hybridized carbons (Fsp3) is 0.897. The van der Waals surface area contributed by atoms with Gasteiger partial charge in [-0.25, -0.2) is 8.42 Å². The first kappa shape index (κ1) is 32.9. The predicted molar refractivity (Wildman–Crippen MR) is 166 cm³/mol. The molecule has 0 spiro atoms. The summed E-state index contributed by atoms with van der Waals surface area (Å²) >= 11 is 15.4. The van der Waals surface area contributed by atoms with Crippen LogP contribution in [0, 0.1) is 5.92 Å². The zero-order chi connectivity index (χ0) is 29.0. The van der Waals surface area contributed by atoms with Gasteiger partial charge in [-0.1, -0.05) is 32.3 Å². The van der Waals surface area contributed by atoms with E-state index in [-0.39, 0.29) is 35.0 Å². The molecule has 4 aliphatic rings. The van der Waals surface area contributed by atoms with Gasteiger partial charge in [-0.05, 0) is 52.5 Å². The number of alkyl halides is 2. The van der Waals surface area contributed by atoms with Crippen molar-refractivity contribution in [2.24, 2.45) is 5.92 Å². The number of halogens is 2. The number of hydrogen-bond acceptors (Lipinski definition) is 7. The standard InChI is InChI=1S/C29H49Cl2N3O4S2/c1-4-32(14-15-40(36,37)38)21-13-12-20(27(35)17-21)16-28(39-22-10-8-7-9-11-22)29-33(5-2)25-18-23(30)24(31)19-26(25)34(29)6-3/h16,20-27,35H,4-15,17-19H2,1-3H3/b28-16-. The van der Waals surface area contributed by atoms with Gasteiger partial charge in [-0.3, -0.25) is 14.4 Å². The van der Waals surface area contributed by atoms with Crippen LogP contribution in [0.1, 0.15) is 85.0 Å². The van der Waals surface area contributed by atoms with E-state index in [9.17, 15) is 18.1 Å². The molecule has 0 aromatic carbocycles. The highest BCUT2D eigenvalue weighted by Gasteiger charge is 2.53. The number of hydrogen-bond donors (Lipinski definition) is 1. The molecule has 40 heavy (non-hydrogen) atoms. The van der Waals surface area contributed by atoms with Crippen molar-refractivity contribution in [2.45, 2.75) is 125 Å². The molecule has 1 N–H and O–H groups in total. The van der Waals surface area contributed by atoms with Crippen LogP contribution in [0.15, 0.2) is 11.0 Å². The maximum Gasteiger partial charge on any atom is 0.286 e. The Balaban J connectivity index is 1.60. The van der Waals surface area contributed by atoms with Gasteiger partial charge >= 0.3 is 0 Å². The smallest absolute Gasteiger partial charge is 0.286 e. The average molecular weight is 639 g/mol. The third-order valence-corrected chi connectivity index (χ3v) is 12.8. The second kappa shape index (κ2) is 14.6. The van der Waals surface area contributed by atoms with Gasteiger partial charge in [0.15, 0.2) is 0 Å². The Kier molecular flexibility index (Phi) is 12.0. The molecule has 0 bridgehead atoms. The molecule has 0 aromatic heterocycles. The molecule has 1 aliphatic heterocycles. The minimum atomic E-state index is -4.26. The lowest BCUT2D eigenvalue weighted by molar-refractivity contribution is -0.558. The Hall–Kier alpha value is -0.0300. The molecule has 4 rings (SSSR count). The first-order chi connectivity index (χ1) is 19.1. The summed E-state index contributed by atoms with van der Waals surface area (Å²) in [6.07, 6.45) is 12.3. The molecular formula is C29H49Cl2N3O4S2. The number of rotatable bonds is 11. The summed E-state index contributed by atoms with van der Waals surface area (Å²) in [5.74, 6) is 0.958. The van der Waals surface area contributed by atoms with Gasteiger partial charge in [0, 0.05) is 36.6 Å². The minimum Gasteiger partial charge on any atom is -0.748 e. The monoisotopic (exact) mass is 637 g/mol. The fourth-order valence-corrected chi connectivity index (χ4v) is 10.0. The van der Waals surface area contributed by atoms with Crippen LogP contribution in [-0.2, 0) is 10.1 Å². The number of nitrogens with zero attached hydrogens (tertiary/aromatic N) is 3. The predicted octanol–water partition coefficient (Wildman–Crippen LogP) is 4.85. The van der Waals surface area contributed by atoms with E-state index >= 15 is 0 Å². The topological polar surface area (TPSA) is 86.9 Å². The summed E-state index contributed by atoms with van der Waals surface area (Å²) in [6, 6.07) is 0.788. The van der Waals surface area contributed by atoms with Crippen LogP contribution >= 0.6 is 35.0 Å². The minimum absolute atomic E-state index is 0.0244. The molecule has 0 aromatic rings. The molecule has 3 saturated carbocycles. The quantitative estimate of drug-likeness (QED) is 0.197. The van der Waals surface area contributed by atoms with Gasteiger partial charge < -0.3 is 9.66 Å². The van der Waals surface area contributed by atoms with Crippen molar-refractivity contribution in [3.05, 3.63) is 11.0 Å². The van der Waals surface area contributed by atoms with Crippen LogP contribution in [0.5, 0.6) is 0 Å². The van der Waals surface area contributed by atoms with E-state index in [0.29, 0.717) is 30.3 Å². The van der Waals surface area contributed by atoms with E-state index in [2.05, 4.69) is 34.3 Å². The third kappa shape index (κ3) is 7.92. The Morgan fingerprint density at radius 3 is 2.40 bits per heavy atom. The molecule has 7 unspecified atom stereocenters. The Morgan fingerprint density at radius 1 is 1.10 bits per heavy atom. The summed E-state index contributed by atoms with van der Waals surface area (Å²) < 4.78 is 36.2. The SMILES string of the molecule is CCN(CCS(=O)(=O)[O-])C1CCC(/C=C(\SC2CCCCC2)C2=[N+](CC)C3CC(Cl)C(Cl)CC3N2CC)C(O)C1. The number of aliphatic hydroxyl groups excluding tert-OH is 1. The fourth-order valence-electron chi connectivity index (χ4n) is 7.50. The van der Waals surface area contributed by atoms with E-state index in [4.69, 9.17) is 23.2 Å². The van der Waals surface area contributed by atoms with Crippen LogP contribution in [0.25, 0.3) is 0 Å². The van der Waals surface area contributed by atoms with Crippen molar-refractivity contribution in [3.63, 3.8) is 0 Å². The van der Waals surface area contributed by atoms with Gasteiger partial charge in [-0.2, -0.15) is 0 Å². The van der Waals surface area contributed by atoms with E-state index in [1.54, 1.807) is 0 Å². The maximum absolute atomic E-state index is 11.4. The number of likely N-dealkylation sites (N-methyl/N-ethyl adjacent to an activating group) is 2. The first-order valence-electron chi connectivity index (χ1n) is 15.5. The molecule has 0 amide bonds. The zero-order valence-electron chi connectivity index (χ0n) is 24.4. The molecule has 11 heteroatoms. The molecule has 1 heterocycles. The zero-order valence-corrected chi connectivity index (χ0v) is 27.5. The summed E-state index contributed by atoms with van der Waals surface area (Å²) in [4.78, 5) is 5.92. The molecule has 7 nitrogen and oxygen atoms in total. The van der Waals surface area contributed by atoms with Gasteiger partial charge in [0.05, 0.1) is 50.7 Å². The molecule has 230 valence electrons. The van der Waals surface area contributed by atoms with Crippen LogP contribution in [-0.4, -0.2) is 110 Å². The Morgan fingerprint density at radius 2 is 1.80 bits per heavy atom. The van der Waals surface area contributed by atoms with Crippen molar-refractivity contribution in [2.75, 3.05) is 31.9 Å². The van der Waals surface area contributed by atoms with Gasteiger partial charge in [-0.15, -0.1) is 35.0 Å². The van der Waals surface area contributed by atoms with E-state index in [1.807, 2.05) is 18.7 Å². The van der Waals surface area contributed by atoms with E-state index < -0.39 is 16.2 Å². The number of amidine groups is 1. The molecule has 0 saturated heterocycles. The Bertz CT molecular complexity index is 1020. The highest BCUT2D eigenvalue weighted by molar-refractivity contribution is 8.04. The highest BCUT2D eigenvalue weighted by Crippen LogP contribution is 2.42. The van der Waals surface area contributed by atoms with Crippen molar-refractivity contribution in [1.82, 2.24) is 9.80 Å². The average Bonchev–Trinajstić information content (AvgIpc) is 3.22. The van der Waals surface area contributed by atoms with Crippen LogP contribution in [0.3, 0.4) is 0 Å². The second-order valence-electron chi connectivity index (χ2n) is 12.0. The molecule has 7 atom stereocenters. The van der Waals surface area contributed by atoms with Crippen molar-refractivity contribution in [3.8, 4) is 0 Å². The number of aliphatic hydroxyl groups is 1. The lowest BCUT2D eigenvalue weighted by Gasteiger charge is -2.38. The normalized spacial score (nSPS) is 34.5. The van der Waals surface area contributed by atoms with Crippen molar-refractivity contribution < 1.29 is 22.7 Å². The highest BCUT2D eigenvalue weighted by atomic mass is 35.5. The number of fused-ring (bicyclic) bond motifs is 1. The Labute approximate surface area is 256 Å². The van der Waals surface area contributed by atoms with Crippen LogP contribution < -0.4 is 0 Å². The molecule has 0 radical (unpaired) electrons. The molecule has 3 aliphatic carbocycles. The van der Waals surface area contributed by atoms with Crippen LogP contribution in [0.4, 0.5) is 0 Å². The first-order valence-corrected chi connectivity index (χ1v) is 18.8. The van der Waals surface area contributed by atoms with Gasteiger partial charge in [0.25, 0.3) is 5.84 Å². The van der Waals surface area contributed by atoms with Gasteiger partial charge in [0.1, 0.15) is 12.1 Å². The maximum atomic E-state index is 11.4. The second-order valence-corrected chi connectivity index (χ2v) is 16.0.